The van der Waals surface area contributed by atoms with Gasteiger partial charge in [0.25, 0.3) is 0 Å². The van der Waals surface area contributed by atoms with E-state index in [0.717, 1.165) is 16.4 Å². The fourth-order valence-corrected chi connectivity index (χ4v) is 1.94. The summed E-state index contributed by atoms with van der Waals surface area (Å²) >= 11 is 2.19. The highest BCUT2D eigenvalue weighted by atomic mass is 127. The zero-order chi connectivity index (χ0) is 11.5. The molecule has 1 aromatic rings. The quantitative estimate of drug-likeness (QED) is 0.638. The van der Waals surface area contributed by atoms with Gasteiger partial charge in [-0.3, -0.25) is 9.48 Å². The van der Waals surface area contributed by atoms with Crippen molar-refractivity contribution in [2.45, 2.75) is 31.5 Å². The number of ether oxygens (including phenoxy) is 1. The Hall–Kier alpha value is -0.630. The third-order valence-electron chi connectivity index (χ3n) is 2.47. The van der Waals surface area contributed by atoms with Crippen LogP contribution in [0.25, 0.3) is 0 Å². The van der Waals surface area contributed by atoms with Crippen molar-refractivity contribution in [3.05, 3.63) is 16.0 Å². The van der Waals surface area contributed by atoms with Gasteiger partial charge in [0.2, 0.25) is 0 Å². The first-order valence-electron chi connectivity index (χ1n) is 5.21. The van der Waals surface area contributed by atoms with Crippen molar-refractivity contribution in [1.82, 2.24) is 15.1 Å². The summed E-state index contributed by atoms with van der Waals surface area (Å²) in [5.41, 5.74) is 0. The molecule has 6 heteroatoms. The first-order chi connectivity index (χ1) is 7.69. The Kier molecular flexibility index (Phi) is 3.80. The van der Waals surface area contributed by atoms with Gasteiger partial charge < -0.3 is 10.1 Å². The van der Waals surface area contributed by atoms with Crippen LogP contribution in [0.3, 0.4) is 0 Å². The molecule has 1 atom stereocenters. The third kappa shape index (κ3) is 3.18. The Balaban J connectivity index is 1.97. The van der Waals surface area contributed by atoms with Crippen molar-refractivity contribution in [1.29, 1.82) is 0 Å². The van der Waals surface area contributed by atoms with Gasteiger partial charge in [0, 0.05) is 12.2 Å². The summed E-state index contributed by atoms with van der Waals surface area (Å²) in [4.78, 5) is 11.6. The van der Waals surface area contributed by atoms with Gasteiger partial charge in [-0.2, -0.15) is 5.10 Å². The van der Waals surface area contributed by atoms with E-state index in [4.69, 9.17) is 4.74 Å². The van der Waals surface area contributed by atoms with Gasteiger partial charge >= 0.3 is 5.97 Å². The van der Waals surface area contributed by atoms with Crippen LogP contribution in [0.5, 0.6) is 0 Å². The first-order valence-corrected chi connectivity index (χ1v) is 6.28. The van der Waals surface area contributed by atoms with Crippen LogP contribution in [0, 0.1) is 3.57 Å². The van der Waals surface area contributed by atoms with Crippen molar-refractivity contribution < 1.29 is 9.53 Å². The number of rotatable bonds is 5. The average Bonchev–Trinajstić information content (AvgIpc) is 2.99. The number of methoxy groups -OCH3 is 1. The minimum Gasteiger partial charge on any atom is -0.468 e. The Morgan fingerprint density at radius 3 is 3.06 bits per heavy atom. The summed E-state index contributed by atoms with van der Waals surface area (Å²) in [7, 11) is 1.41. The van der Waals surface area contributed by atoms with Gasteiger partial charge in [-0.15, -0.1) is 0 Å². The molecule has 1 saturated carbocycles. The normalized spacial score (nSPS) is 17.1. The molecule has 0 aliphatic heterocycles. The smallest absolute Gasteiger partial charge is 0.324 e. The van der Waals surface area contributed by atoms with Crippen LogP contribution in [-0.2, 0) is 16.1 Å². The number of esters is 1. The lowest BCUT2D eigenvalue weighted by molar-refractivity contribution is -0.143. The van der Waals surface area contributed by atoms with Crippen LogP contribution < -0.4 is 5.32 Å². The lowest BCUT2D eigenvalue weighted by atomic mass is 10.3. The van der Waals surface area contributed by atoms with E-state index in [0.29, 0.717) is 12.6 Å². The zero-order valence-corrected chi connectivity index (χ0v) is 11.2. The first kappa shape index (κ1) is 11.8. The van der Waals surface area contributed by atoms with E-state index in [1.54, 1.807) is 10.9 Å². The maximum absolute atomic E-state index is 11.6. The molecular formula is C10H14IN3O2. The second-order valence-electron chi connectivity index (χ2n) is 3.90. The van der Waals surface area contributed by atoms with E-state index in [1.807, 2.05) is 6.20 Å². The molecular weight excluding hydrogens is 321 g/mol. The molecule has 1 heterocycles. The van der Waals surface area contributed by atoms with Crippen molar-refractivity contribution >= 4 is 28.6 Å². The van der Waals surface area contributed by atoms with E-state index >= 15 is 0 Å². The third-order valence-corrected chi connectivity index (χ3v) is 3.03. The summed E-state index contributed by atoms with van der Waals surface area (Å²) in [6.07, 6.45) is 5.96. The fraction of sp³-hybridized carbons (Fsp3) is 0.600. The number of halogens is 1. The summed E-state index contributed by atoms with van der Waals surface area (Å²) in [5.74, 6) is -0.225. The highest BCUT2D eigenvalue weighted by Crippen LogP contribution is 2.20. The molecule has 0 saturated heterocycles. The second kappa shape index (κ2) is 5.13. The summed E-state index contributed by atoms with van der Waals surface area (Å²) in [6.45, 7) is 0.520. The van der Waals surface area contributed by atoms with Crippen LogP contribution in [0.15, 0.2) is 12.4 Å². The zero-order valence-electron chi connectivity index (χ0n) is 9.02. The molecule has 1 aliphatic rings. The van der Waals surface area contributed by atoms with E-state index in [2.05, 4.69) is 33.0 Å². The minimum absolute atomic E-state index is 0.225. The topological polar surface area (TPSA) is 56.2 Å². The van der Waals surface area contributed by atoms with Crippen molar-refractivity contribution in [3.8, 4) is 0 Å². The molecule has 0 aromatic carbocycles. The summed E-state index contributed by atoms with van der Waals surface area (Å²) in [6, 6.07) is 0.173. The Morgan fingerprint density at radius 2 is 2.56 bits per heavy atom. The number of nitrogens with one attached hydrogen (secondary N) is 1. The van der Waals surface area contributed by atoms with E-state index in [1.165, 1.54) is 7.11 Å². The standard InChI is InChI=1S/C10H14IN3O2/c1-16-10(15)9(13-8-2-3-8)6-14-5-7(11)4-12-14/h4-5,8-9,13H,2-3,6H2,1H3. The lowest BCUT2D eigenvalue weighted by Gasteiger charge is -2.15. The molecule has 1 aromatic heterocycles. The number of carbonyl (C=O) groups excluding carboxylic acids is 1. The summed E-state index contributed by atoms with van der Waals surface area (Å²) in [5, 5.41) is 7.42. The van der Waals surface area contributed by atoms with Crippen molar-refractivity contribution in [2.24, 2.45) is 0 Å². The van der Waals surface area contributed by atoms with Crippen LogP contribution in [0.1, 0.15) is 12.8 Å². The van der Waals surface area contributed by atoms with Gasteiger partial charge in [0.15, 0.2) is 0 Å². The van der Waals surface area contributed by atoms with E-state index < -0.39 is 0 Å². The average molecular weight is 335 g/mol. The van der Waals surface area contributed by atoms with Crippen molar-refractivity contribution in [2.75, 3.05) is 7.11 Å². The molecule has 0 amide bonds. The molecule has 16 heavy (non-hydrogen) atoms. The van der Waals surface area contributed by atoms with Crippen LogP contribution in [-0.4, -0.2) is 34.9 Å². The molecule has 0 spiro atoms. The molecule has 0 bridgehead atoms. The monoisotopic (exact) mass is 335 g/mol. The van der Waals surface area contributed by atoms with E-state index in [9.17, 15) is 4.79 Å². The van der Waals surface area contributed by atoms with Crippen LogP contribution >= 0.6 is 22.6 Å². The largest absolute Gasteiger partial charge is 0.468 e. The molecule has 1 N–H and O–H groups in total. The molecule has 5 nitrogen and oxygen atoms in total. The molecule has 1 fully saturated rings. The summed E-state index contributed by atoms with van der Waals surface area (Å²) < 4.78 is 7.60. The maximum Gasteiger partial charge on any atom is 0.324 e. The SMILES string of the molecule is COC(=O)C(Cn1cc(I)cn1)NC1CC1. The molecule has 1 unspecified atom stereocenters. The molecule has 0 radical (unpaired) electrons. The molecule has 1 aliphatic carbocycles. The fourth-order valence-electron chi connectivity index (χ4n) is 1.50. The highest BCUT2D eigenvalue weighted by molar-refractivity contribution is 14.1. The van der Waals surface area contributed by atoms with Crippen LogP contribution in [0.4, 0.5) is 0 Å². The predicted molar refractivity (Wildman–Crippen MR) is 66.9 cm³/mol. The second-order valence-corrected chi connectivity index (χ2v) is 5.14. The predicted octanol–water partition coefficient (Wildman–Crippen LogP) is 0.781. The highest BCUT2D eigenvalue weighted by Gasteiger charge is 2.29. The van der Waals surface area contributed by atoms with E-state index in [-0.39, 0.29) is 12.0 Å². The number of carbonyl (C=O) groups is 1. The Morgan fingerprint density at radius 1 is 1.81 bits per heavy atom. The van der Waals surface area contributed by atoms with Crippen LogP contribution in [0.2, 0.25) is 0 Å². The Bertz CT molecular complexity index is 376. The number of hydrogen-bond donors (Lipinski definition) is 1. The number of aromatic nitrogens is 2. The number of hydrogen-bond acceptors (Lipinski definition) is 4. The van der Waals surface area contributed by atoms with Gasteiger partial charge in [-0.25, -0.2) is 0 Å². The van der Waals surface area contributed by atoms with Gasteiger partial charge in [-0.1, -0.05) is 0 Å². The van der Waals surface area contributed by atoms with Gasteiger partial charge in [-0.05, 0) is 35.4 Å². The maximum atomic E-state index is 11.6. The lowest BCUT2D eigenvalue weighted by Crippen LogP contribution is -2.42. The number of nitrogens with zero attached hydrogens (tertiary/aromatic N) is 2. The Labute approximate surface area is 108 Å². The molecule has 2 rings (SSSR count). The molecule has 88 valence electrons. The minimum atomic E-state index is -0.298. The van der Waals surface area contributed by atoms with Crippen molar-refractivity contribution in [3.63, 3.8) is 0 Å². The van der Waals surface area contributed by atoms with Gasteiger partial charge in [0.1, 0.15) is 6.04 Å². The van der Waals surface area contributed by atoms with Gasteiger partial charge in [0.05, 0.1) is 23.4 Å².